The average Bonchev–Trinajstić information content (AvgIpc) is 2.83. The van der Waals surface area contributed by atoms with E-state index in [1.807, 2.05) is 12.1 Å². The van der Waals surface area contributed by atoms with Crippen molar-refractivity contribution in [3.63, 3.8) is 0 Å². The first-order valence-electron chi connectivity index (χ1n) is 8.41. The second-order valence-corrected chi connectivity index (χ2v) is 7.64. The molecule has 2 fully saturated rings. The molecule has 3 aliphatic carbocycles. The fraction of sp³-hybridized carbons (Fsp3) is 0.600. The van der Waals surface area contributed by atoms with E-state index in [0.29, 0.717) is 23.0 Å². The fourth-order valence-corrected chi connectivity index (χ4v) is 5.84. The smallest absolute Gasteiger partial charge is 0.115 e. The lowest BCUT2D eigenvalue weighted by Crippen LogP contribution is -2.42. The lowest BCUT2D eigenvalue weighted by Gasteiger charge is -2.50. The second kappa shape index (κ2) is 4.54. The van der Waals surface area contributed by atoms with E-state index in [4.69, 9.17) is 6.42 Å². The van der Waals surface area contributed by atoms with Crippen molar-refractivity contribution >= 4 is 0 Å². The largest absolute Gasteiger partial charge is 0.508 e. The summed E-state index contributed by atoms with van der Waals surface area (Å²) in [4.78, 5) is 0. The third-order valence-electron chi connectivity index (χ3n) is 6.91. The SMILES string of the molecule is C#C[C@H]1CC[C@H]2[C@@H]3CCc4cc(O)ccc4[C@H]3CC[C@]12C. The minimum atomic E-state index is 0.379. The Labute approximate surface area is 127 Å². The molecule has 0 heterocycles. The summed E-state index contributed by atoms with van der Waals surface area (Å²) in [6.07, 6.45) is 13.3. The van der Waals surface area contributed by atoms with Gasteiger partial charge in [0.25, 0.3) is 0 Å². The summed E-state index contributed by atoms with van der Waals surface area (Å²) in [6, 6.07) is 6.03. The van der Waals surface area contributed by atoms with E-state index in [-0.39, 0.29) is 0 Å². The van der Waals surface area contributed by atoms with Crippen molar-refractivity contribution < 1.29 is 5.11 Å². The Morgan fingerprint density at radius 1 is 1.24 bits per heavy atom. The Hall–Kier alpha value is -1.42. The normalized spacial score (nSPS) is 40.8. The van der Waals surface area contributed by atoms with E-state index in [2.05, 4.69) is 18.9 Å². The van der Waals surface area contributed by atoms with E-state index in [9.17, 15) is 5.11 Å². The highest BCUT2D eigenvalue weighted by Gasteiger charge is 2.54. The first kappa shape index (κ1) is 13.3. The molecule has 0 unspecified atom stereocenters. The maximum Gasteiger partial charge on any atom is 0.115 e. The van der Waals surface area contributed by atoms with E-state index in [1.165, 1.54) is 43.2 Å². The molecule has 0 radical (unpaired) electrons. The Kier molecular flexibility index (Phi) is 2.86. The Morgan fingerprint density at radius 2 is 2.10 bits per heavy atom. The zero-order valence-electron chi connectivity index (χ0n) is 12.8. The lowest BCUT2D eigenvalue weighted by molar-refractivity contribution is 0.0432. The molecule has 0 aliphatic heterocycles. The average molecular weight is 280 g/mol. The summed E-state index contributed by atoms with van der Waals surface area (Å²) >= 11 is 0. The van der Waals surface area contributed by atoms with Gasteiger partial charge in [-0.05, 0) is 85.0 Å². The lowest BCUT2D eigenvalue weighted by atomic mass is 9.54. The molecule has 0 amide bonds. The third-order valence-corrected chi connectivity index (χ3v) is 6.91. The molecule has 0 spiro atoms. The van der Waals surface area contributed by atoms with Crippen LogP contribution < -0.4 is 0 Å². The molecule has 1 aromatic carbocycles. The molecule has 110 valence electrons. The van der Waals surface area contributed by atoms with Crippen LogP contribution in [0.2, 0.25) is 0 Å². The topological polar surface area (TPSA) is 20.2 Å². The van der Waals surface area contributed by atoms with Crippen molar-refractivity contribution in [3.8, 4) is 18.1 Å². The van der Waals surface area contributed by atoms with Gasteiger partial charge in [-0.3, -0.25) is 0 Å². The van der Waals surface area contributed by atoms with Crippen LogP contribution in [0, 0.1) is 35.5 Å². The summed E-state index contributed by atoms with van der Waals surface area (Å²) in [5.74, 6) is 6.31. The maximum atomic E-state index is 9.72. The molecule has 5 atom stereocenters. The Bertz CT molecular complexity index is 611. The molecule has 0 aromatic heterocycles. The molecular formula is C20H24O. The van der Waals surface area contributed by atoms with E-state index < -0.39 is 0 Å². The molecule has 4 rings (SSSR count). The highest BCUT2D eigenvalue weighted by Crippen LogP contribution is 2.62. The number of benzene rings is 1. The summed E-state index contributed by atoms with van der Waals surface area (Å²) in [7, 11) is 0. The number of terminal acetylenes is 1. The van der Waals surface area contributed by atoms with Crippen LogP contribution in [0.5, 0.6) is 5.75 Å². The van der Waals surface area contributed by atoms with Gasteiger partial charge < -0.3 is 5.11 Å². The van der Waals surface area contributed by atoms with Crippen molar-refractivity contribution in [2.24, 2.45) is 23.2 Å². The first-order valence-corrected chi connectivity index (χ1v) is 8.41. The van der Waals surface area contributed by atoms with Gasteiger partial charge in [0, 0.05) is 5.92 Å². The molecule has 1 aromatic rings. The van der Waals surface area contributed by atoms with Gasteiger partial charge in [0.05, 0.1) is 0 Å². The van der Waals surface area contributed by atoms with Crippen molar-refractivity contribution in [2.45, 2.75) is 51.4 Å². The van der Waals surface area contributed by atoms with Crippen LogP contribution >= 0.6 is 0 Å². The fourth-order valence-electron chi connectivity index (χ4n) is 5.84. The maximum absolute atomic E-state index is 9.72. The molecule has 0 bridgehead atoms. The standard InChI is InChI=1S/C20H24O/c1-3-14-5-9-19-18-7-4-13-12-15(21)6-8-16(13)17(18)10-11-20(14,19)2/h1,6,8,12,14,17-19,21H,4-5,7,9-11H2,2H3/t14-,17+,18+,19-,20+/m0/s1. The van der Waals surface area contributed by atoms with Gasteiger partial charge in [0.1, 0.15) is 5.75 Å². The van der Waals surface area contributed by atoms with E-state index >= 15 is 0 Å². The van der Waals surface area contributed by atoms with Gasteiger partial charge in [-0.1, -0.05) is 13.0 Å². The van der Waals surface area contributed by atoms with Gasteiger partial charge in [-0.2, -0.15) is 0 Å². The number of phenols is 1. The molecule has 1 nitrogen and oxygen atoms in total. The molecule has 0 saturated heterocycles. The number of aryl methyl sites for hydroxylation is 1. The number of rotatable bonds is 0. The molecule has 1 N–H and O–H groups in total. The van der Waals surface area contributed by atoms with Gasteiger partial charge in [0.2, 0.25) is 0 Å². The van der Waals surface area contributed by atoms with Gasteiger partial charge in [0.15, 0.2) is 0 Å². The van der Waals surface area contributed by atoms with Crippen LogP contribution in [0.3, 0.4) is 0 Å². The third kappa shape index (κ3) is 1.78. The number of phenolic OH excluding ortho intramolecular Hbond substituents is 1. The van der Waals surface area contributed by atoms with Gasteiger partial charge in [-0.25, -0.2) is 0 Å². The predicted octanol–water partition coefficient (Wildman–Crippen LogP) is 4.50. The van der Waals surface area contributed by atoms with E-state index in [0.717, 1.165) is 18.3 Å². The molecule has 2 saturated carbocycles. The van der Waals surface area contributed by atoms with Crippen molar-refractivity contribution in [1.29, 1.82) is 0 Å². The number of hydrogen-bond donors (Lipinski definition) is 1. The highest BCUT2D eigenvalue weighted by molar-refractivity contribution is 5.40. The molecule has 21 heavy (non-hydrogen) atoms. The Morgan fingerprint density at radius 3 is 2.90 bits per heavy atom. The summed E-state index contributed by atoms with van der Waals surface area (Å²) < 4.78 is 0. The molecule has 1 heteroatoms. The van der Waals surface area contributed by atoms with Crippen LogP contribution in [-0.2, 0) is 6.42 Å². The molecular weight excluding hydrogens is 256 g/mol. The van der Waals surface area contributed by atoms with Crippen LogP contribution in [-0.4, -0.2) is 5.11 Å². The van der Waals surface area contributed by atoms with Gasteiger partial charge in [-0.15, -0.1) is 12.3 Å². The van der Waals surface area contributed by atoms with Crippen molar-refractivity contribution in [1.82, 2.24) is 0 Å². The van der Waals surface area contributed by atoms with Crippen LogP contribution in [0.25, 0.3) is 0 Å². The minimum Gasteiger partial charge on any atom is -0.508 e. The number of hydrogen-bond acceptors (Lipinski definition) is 1. The predicted molar refractivity (Wildman–Crippen MR) is 85.0 cm³/mol. The van der Waals surface area contributed by atoms with Crippen molar-refractivity contribution in [2.75, 3.05) is 0 Å². The van der Waals surface area contributed by atoms with E-state index in [1.54, 1.807) is 0 Å². The number of fused-ring (bicyclic) bond motifs is 5. The summed E-state index contributed by atoms with van der Waals surface area (Å²) in [6.45, 7) is 2.46. The zero-order chi connectivity index (χ0) is 14.6. The summed E-state index contributed by atoms with van der Waals surface area (Å²) in [5, 5.41) is 9.72. The number of aromatic hydroxyl groups is 1. The first-order chi connectivity index (χ1) is 10.1. The Balaban J connectivity index is 1.70. The highest BCUT2D eigenvalue weighted by atomic mass is 16.3. The minimum absolute atomic E-state index is 0.379. The van der Waals surface area contributed by atoms with Crippen LogP contribution in [0.15, 0.2) is 18.2 Å². The van der Waals surface area contributed by atoms with Crippen LogP contribution in [0.4, 0.5) is 0 Å². The van der Waals surface area contributed by atoms with Crippen LogP contribution in [0.1, 0.15) is 56.1 Å². The van der Waals surface area contributed by atoms with Crippen molar-refractivity contribution in [3.05, 3.63) is 29.3 Å². The summed E-state index contributed by atoms with van der Waals surface area (Å²) in [5.41, 5.74) is 3.27. The zero-order valence-corrected chi connectivity index (χ0v) is 12.8. The second-order valence-electron chi connectivity index (χ2n) is 7.64. The quantitative estimate of drug-likeness (QED) is 0.694. The molecule has 3 aliphatic rings. The van der Waals surface area contributed by atoms with Gasteiger partial charge >= 0.3 is 0 Å². The monoisotopic (exact) mass is 280 g/mol.